The van der Waals surface area contributed by atoms with E-state index >= 15 is 0 Å². The summed E-state index contributed by atoms with van der Waals surface area (Å²) >= 11 is 0. The van der Waals surface area contributed by atoms with E-state index in [0.717, 1.165) is 12.1 Å². The van der Waals surface area contributed by atoms with Gasteiger partial charge in [-0.2, -0.15) is 0 Å². The van der Waals surface area contributed by atoms with Crippen LogP contribution in [0.3, 0.4) is 0 Å². The standard InChI is InChI=1S/C16H11F2N3O2/c17-11-3-1-4-12(18)15(11)20-10-6-7-14(19-9-10)21-16(22)13-5-2-8-23-13/h1-9,20H,(H,19,21,22). The van der Waals surface area contributed by atoms with Gasteiger partial charge in [0, 0.05) is 0 Å². The Labute approximate surface area is 130 Å². The number of benzene rings is 1. The molecule has 2 N–H and O–H groups in total. The first-order chi connectivity index (χ1) is 11.1. The first kappa shape index (κ1) is 14.7. The molecule has 2 aromatic heterocycles. The van der Waals surface area contributed by atoms with Crippen LogP contribution in [0.5, 0.6) is 0 Å². The lowest BCUT2D eigenvalue weighted by atomic mass is 10.2. The third-order valence-corrected chi connectivity index (χ3v) is 2.98. The molecular formula is C16H11F2N3O2. The van der Waals surface area contributed by atoms with Crippen LogP contribution in [-0.4, -0.2) is 10.9 Å². The van der Waals surface area contributed by atoms with Crippen molar-refractivity contribution in [3.8, 4) is 0 Å². The van der Waals surface area contributed by atoms with Crippen LogP contribution in [0.1, 0.15) is 10.6 Å². The van der Waals surface area contributed by atoms with Crippen molar-refractivity contribution >= 4 is 23.1 Å². The molecule has 0 unspecified atom stereocenters. The molecule has 0 aliphatic carbocycles. The summed E-state index contributed by atoms with van der Waals surface area (Å²) in [4.78, 5) is 15.8. The van der Waals surface area contributed by atoms with Crippen molar-refractivity contribution < 1.29 is 18.0 Å². The number of hydrogen-bond donors (Lipinski definition) is 2. The minimum Gasteiger partial charge on any atom is -0.459 e. The van der Waals surface area contributed by atoms with Gasteiger partial charge in [0.2, 0.25) is 0 Å². The Bertz CT molecular complexity index is 798. The summed E-state index contributed by atoms with van der Waals surface area (Å²) in [6, 6.07) is 9.73. The van der Waals surface area contributed by atoms with E-state index in [4.69, 9.17) is 4.42 Å². The van der Waals surface area contributed by atoms with E-state index in [9.17, 15) is 13.6 Å². The van der Waals surface area contributed by atoms with E-state index in [1.54, 1.807) is 6.07 Å². The van der Waals surface area contributed by atoms with Crippen molar-refractivity contribution in [2.24, 2.45) is 0 Å². The lowest BCUT2D eigenvalue weighted by molar-refractivity contribution is 0.0996. The number of hydrogen-bond acceptors (Lipinski definition) is 4. The van der Waals surface area contributed by atoms with Gasteiger partial charge in [0.15, 0.2) is 5.76 Å². The maximum Gasteiger partial charge on any atom is 0.292 e. The summed E-state index contributed by atoms with van der Waals surface area (Å²) in [6.07, 6.45) is 2.74. The molecule has 116 valence electrons. The Morgan fingerprint density at radius 2 is 1.83 bits per heavy atom. The number of carbonyl (C=O) groups excluding carboxylic acids is 1. The number of furan rings is 1. The summed E-state index contributed by atoms with van der Waals surface area (Å²) in [5, 5.41) is 5.14. The predicted molar refractivity (Wildman–Crippen MR) is 80.5 cm³/mol. The van der Waals surface area contributed by atoms with Crippen LogP contribution in [-0.2, 0) is 0 Å². The second kappa shape index (κ2) is 6.27. The molecule has 3 aromatic rings. The Balaban J connectivity index is 1.71. The molecule has 0 atom stereocenters. The second-order valence-electron chi connectivity index (χ2n) is 4.59. The molecule has 0 aliphatic rings. The van der Waals surface area contributed by atoms with Gasteiger partial charge in [0.1, 0.15) is 23.1 Å². The molecule has 0 radical (unpaired) electrons. The molecule has 0 fully saturated rings. The number of pyridine rings is 1. The van der Waals surface area contributed by atoms with Gasteiger partial charge in [-0.05, 0) is 36.4 Å². The van der Waals surface area contributed by atoms with Crippen LogP contribution >= 0.6 is 0 Å². The van der Waals surface area contributed by atoms with E-state index in [1.807, 2.05) is 0 Å². The molecule has 23 heavy (non-hydrogen) atoms. The van der Waals surface area contributed by atoms with E-state index in [1.165, 1.54) is 36.7 Å². The third kappa shape index (κ3) is 3.34. The van der Waals surface area contributed by atoms with E-state index < -0.39 is 17.5 Å². The Morgan fingerprint density at radius 1 is 1.04 bits per heavy atom. The predicted octanol–water partition coefficient (Wildman–Crippen LogP) is 3.95. The Kier molecular flexibility index (Phi) is 4.01. The maximum atomic E-state index is 13.6. The third-order valence-electron chi connectivity index (χ3n) is 2.98. The van der Waals surface area contributed by atoms with Gasteiger partial charge in [-0.25, -0.2) is 13.8 Å². The maximum absolute atomic E-state index is 13.6. The zero-order valence-electron chi connectivity index (χ0n) is 11.7. The number of nitrogens with one attached hydrogen (secondary N) is 2. The Morgan fingerprint density at radius 3 is 2.43 bits per heavy atom. The topological polar surface area (TPSA) is 67.2 Å². The molecule has 7 heteroatoms. The van der Waals surface area contributed by atoms with Gasteiger partial charge in [-0.1, -0.05) is 6.07 Å². The minimum atomic E-state index is -0.708. The lowest BCUT2D eigenvalue weighted by Gasteiger charge is -2.09. The lowest BCUT2D eigenvalue weighted by Crippen LogP contribution is -2.11. The van der Waals surface area contributed by atoms with Crippen LogP contribution in [0.15, 0.2) is 59.3 Å². The van der Waals surface area contributed by atoms with E-state index in [-0.39, 0.29) is 17.3 Å². The smallest absolute Gasteiger partial charge is 0.292 e. The fourth-order valence-electron chi connectivity index (χ4n) is 1.89. The molecule has 0 bridgehead atoms. The van der Waals surface area contributed by atoms with Crippen molar-refractivity contribution in [3.63, 3.8) is 0 Å². The Hall–Kier alpha value is -3.22. The summed E-state index contributed by atoms with van der Waals surface area (Å²) in [5.74, 6) is -1.42. The number of para-hydroxylation sites is 1. The van der Waals surface area contributed by atoms with E-state index in [0.29, 0.717) is 5.69 Å². The van der Waals surface area contributed by atoms with Crippen molar-refractivity contribution in [1.82, 2.24) is 4.98 Å². The number of nitrogens with zero attached hydrogens (tertiary/aromatic N) is 1. The summed E-state index contributed by atoms with van der Waals surface area (Å²) in [5.41, 5.74) is 0.117. The fourth-order valence-corrected chi connectivity index (χ4v) is 1.89. The number of anilines is 3. The highest BCUT2D eigenvalue weighted by molar-refractivity contribution is 6.01. The number of carbonyl (C=O) groups is 1. The molecule has 0 spiro atoms. The average molecular weight is 315 g/mol. The summed E-state index contributed by atoms with van der Waals surface area (Å²) in [7, 11) is 0. The molecule has 0 saturated heterocycles. The van der Waals surface area contributed by atoms with Crippen LogP contribution < -0.4 is 10.6 Å². The van der Waals surface area contributed by atoms with Crippen LogP contribution in [0.4, 0.5) is 26.0 Å². The fraction of sp³-hybridized carbons (Fsp3) is 0. The molecule has 1 amide bonds. The van der Waals surface area contributed by atoms with Gasteiger partial charge in [-0.3, -0.25) is 4.79 Å². The SMILES string of the molecule is O=C(Nc1ccc(Nc2c(F)cccc2F)cn1)c1ccco1. The van der Waals surface area contributed by atoms with Gasteiger partial charge in [0.25, 0.3) is 5.91 Å². The first-order valence-electron chi connectivity index (χ1n) is 6.65. The van der Waals surface area contributed by atoms with Gasteiger partial charge in [0.05, 0.1) is 18.1 Å². The van der Waals surface area contributed by atoms with Crippen LogP contribution in [0, 0.1) is 11.6 Å². The zero-order chi connectivity index (χ0) is 16.2. The highest BCUT2D eigenvalue weighted by atomic mass is 19.1. The van der Waals surface area contributed by atoms with Crippen LogP contribution in [0.2, 0.25) is 0 Å². The average Bonchev–Trinajstić information content (AvgIpc) is 3.07. The number of halogens is 2. The summed E-state index contributed by atoms with van der Waals surface area (Å²) < 4.78 is 32.1. The van der Waals surface area contributed by atoms with Crippen molar-refractivity contribution in [3.05, 3.63) is 72.3 Å². The number of amides is 1. The van der Waals surface area contributed by atoms with Crippen molar-refractivity contribution in [2.45, 2.75) is 0 Å². The highest BCUT2D eigenvalue weighted by Crippen LogP contribution is 2.23. The number of rotatable bonds is 4. The first-order valence-corrected chi connectivity index (χ1v) is 6.65. The number of aromatic nitrogens is 1. The quantitative estimate of drug-likeness (QED) is 0.765. The zero-order valence-corrected chi connectivity index (χ0v) is 11.7. The van der Waals surface area contributed by atoms with Crippen LogP contribution in [0.25, 0.3) is 0 Å². The highest BCUT2D eigenvalue weighted by Gasteiger charge is 2.11. The minimum absolute atomic E-state index is 0.155. The molecule has 2 heterocycles. The van der Waals surface area contributed by atoms with Crippen molar-refractivity contribution in [1.29, 1.82) is 0 Å². The van der Waals surface area contributed by atoms with Gasteiger partial charge >= 0.3 is 0 Å². The second-order valence-corrected chi connectivity index (χ2v) is 4.59. The molecule has 0 saturated carbocycles. The normalized spacial score (nSPS) is 10.3. The van der Waals surface area contributed by atoms with Crippen molar-refractivity contribution in [2.75, 3.05) is 10.6 Å². The molecule has 0 aliphatic heterocycles. The van der Waals surface area contributed by atoms with E-state index in [2.05, 4.69) is 15.6 Å². The summed E-state index contributed by atoms with van der Waals surface area (Å²) in [6.45, 7) is 0. The molecule has 3 rings (SSSR count). The van der Waals surface area contributed by atoms with Gasteiger partial charge in [-0.15, -0.1) is 0 Å². The largest absolute Gasteiger partial charge is 0.459 e. The van der Waals surface area contributed by atoms with Gasteiger partial charge < -0.3 is 15.1 Å². The molecule has 5 nitrogen and oxygen atoms in total. The molecular weight excluding hydrogens is 304 g/mol. The molecule has 1 aromatic carbocycles. The monoisotopic (exact) mass is 315 g/mol.